The number of ketones is 1. The van der Waals surface area contributed by atoms with Crippen LogP contribution in [-0.4, -0.2) is 27.6 Å². The van der Waals surface area contributed by atoms with E-state index in [4.69, 9.17) is 20.8 Å². The molecular weight excluding hydrogens is 402 g/mol. The molecule has 0 atom stereocenters. The minimum Gasteiger partial charge on any atom is -0.484 e. The first kappa shape index (κ1) is 19.9. The van der Waals surface area contributed by atoms with Gasteiger partial charge in [-0.1, -0.05) is 23.4 Å². The fraction of sp³-hybridized carbons (Fsp3) is 0.158. The van der Waals surface area contributed by atoms with Crippen molar-refractivity contribution in [2.45, 2.75) is 18.8 Å². The monoisotopic (exact) mass is 417 g/mol. The second kappa shape index (κ2) is 9.38. The second-order valence-electron chi connectivity index (χ2n) is 5.67. The van der Waals surface area contributed by atoms with Gasteiger partial charge in [0.05, 0.1) is 5.75 Å². The summed E-state index contributed by atoms with van der Waals surface area (Å²) in [6, 6.07) is 13.6. The summed E-state index contributed by atoms with van der Waals surface area (Å²) < 4.78 is 11.0. The highest BCUT2D eigenvalue weighted by Gasteiger charge is 2.11. The zero-order chi connectivity index (χ0) is 19.9. The van der Waals surface area contributed by atoms with Crippen LogP contribution in [-0.2, 0) is 11.4 Å². The van der Waals surface area contributed by atoms with Gasteiger partial charge in [0.1, 0.15) is 5.75 Å². The van der Waals surface area contributed by atoms with Crippen molar-refractivity contribution in [1.82, 2.24) is 10.2 Å². The number of nitrogens with zero attached hydrogens (tertiary/aromatic N) is 2. The van der Waals surface area contributed by atoms with Gasteiger partial charge in [-0.25, -0.2) is 0 Å². The number of nitrogens with one attached hydrogen (secondary N) is 1. The summed E-state index contributed by atoms with van der Waals surface area (Å²) >= 11 is 6.94. The Hall–Kier alpha value is -2.84. The molecule has 0 aliphatic heterocycles. The summed E-state index contributed by atoms with van der Waals surface area (Å²) in [6.07, 6.45) is 0. The van der Waals surface area contributed by atoms with E-state index in [1.807, 2.05) is 0 Å². The molecule has 28 heavy (non-hydrogen) atoms. The third-order valence-corrected chi connectivity index (χ3v) is 4.60. The third-order valence-electron chi connectivity index (χ3n) is 3.53. The van der Waals surface area contributed by atoms with Crippen LogP contribution in [0, 0.1) is 0 Å². The summed E-state index contributed by atoms with van der Waals surface area (Å²) in [6.45, 7) is 1.60. The third kappa shape index (κ3) is 5.83. The van der Waals surface area contributed by atoms with Gasteiger partial charge in [-0.15, -0.1) is 10.2 Å². The van der Waals surface area contributed by atoms with Crippen molar-refractivity contribution in [3.05, 3.63) is 65.0 Å². The zero-order valence-corrected chi connectivity index (χ0v) is 16.4. The second-order valence-corrected chi connectivity index (χ2v) is 7.04. The quantitative estimate of drug-likeness (QED) is 0.432. The molecule has 3 aromatic rings. The van der Waals surface area contributed by atoms with Gasteiger partial charge in [0.25, 0.3) is 11.1 Å². The molecule has 7 nitrogen and oxygen atoms in total. The van der Waals surface area contributed by atoms with E-state index in [0.717, 1.165) is 11.8 Å². The van der Waals surface area contributed by atoms with Crippen molar-refractivity contribution in [3.63, 3.8) is 0 Å². The lowest BCUT2D eigenvalue weighted by molar-refractivity contribution is -0.113. The Morgan fingerprint density at radius 1 is 1.11 bits per heavy atom. The molecular formula is C19H16ClN3O4S. The first-order chi connectivity index (χ1) is 13.5. The lowest BCUT2D eigenvalue weighted by Gasteiger charge is -2.04. The van der Waals surface area contributed by atoms with Crippen LogP contribution in [0.4, 0.5) is 5.69 Å². The van der Waals surface area contributed by atoms with Gasteiger partial charge in [-0.2, -0.15) is 0 Å². The number of carbonyl (C=O) groups excluding carboxylic acids is 2. The summed E-state index contributed by atoms with van der Waals surface area (Å²) in [5, 5.41) is 11.4. The number of anilines is 1. The van der Waals surface area contributed by atoms with Crippen molar-refractivity contribution in [1.29, 1.82) is 0 Å². The summed E-state index contributed by atoms with van der Waals surface area (Å²) in [5.41, 5.74) is 1.20. The number of carbonyl (C=O) groups is 2. The molecule has 0 unspecified atom stereocenters. The topological polar surface area (TPSA) is 94.3 Å². The van der Waals surface area contributed by atoms with Gasteiger partial charge in [0, 0.05) is 16.3 Å². The number of amides is 1. The van der Waals surface area contributed by atoms with Crippen LogP contribution in [0.5, 0.6) is 5.75 Å². The van der Waals surface area contributed by atoms with Crippen LogP contribution in [0.3, 0.4) is 0 Å². The van der Waals surface area contributed by atoms with Crippen LogP contribution in [0.2, 0.25) is 5.02 Å². The normalized spacial score (nSPS) is 10.5. The number of thioether (sulfide) groups is 1. The molecule has 3 rings (SSSR count). The number of rotatable bonds is 8. The number of hydrogen-bond donors (Lipinski definition) is 1. The Morgan fingerprint density at radius 3 is 2.50 bits per heavy atom. The number of benzene rings is 2. The van der Waals surface area contributed by atoms with Crippen molar-refractivity contribution in [2.75, 3.05) is 11.1 Å². The first-order valence-corrected chi connectivity index (χ1v) is 9.60. The molecule has 1 heterocycles. The lowest BCUT2D eigenvalue weighted by atomic mass is 10.1. The highest BCUT2D eigenvalue weighted by molar-refractivity contribution is 7.99. The fourth-order valence-electron chi connectivity index (χ4n) is 2.14. The fourth-order valence-corrected chi connectivity index (χ4v) is 2.85. The molecule has 0 aliphatic carbocycles. The van der Waals surface area contributed by atoms with Gasteiger partial charge < -0.3 is 14.5 Å². The molecule has 0 bridgehead atoms. The molecule has 9 heteroatoms. The van der Waals surface area contributed by atoms with E-state index in [0.29, 0.717) is 27.9 Å². The number of ether oxygens (including phenoxy) is 1. The van der Waals surface area contributed by atoms with Crippen LogP contribution >= 0.6 is 23.4 Å². The number of halogens is 1. The molecule has 1 amide bonds. The SMILES string of the molecule is CC(=O)c1ccc(NC(=O)CSc2nnc(COc3ccc(Cl)cc3)o2)cc1. The minimum absolute atomic E-state index is 0.0272. The van der Waals surface area contributed by atoms with Crippen molar-refractivity contribution < 1.29 is 18.7 Å². The average Bonchev–Trinajstić information content (AvgIpc) is 3.14. The summed E-state index contributed by atoms with van der Waals surface area (Å²) in [5.74, 6) is 0.789. The van der Waals surface area contributed by atoms with Gasteiger partial charge >= 0.3 is 0 Å². The molecule has 0 fully saturated rings. The van der Waals surface area contributed by atoms with E-state index in [2.05, 4.69) is 15.5 Å². The highest BCUT2D eigenvalue weighted by Crippen LogP contribution is 2.19. The highest BCUT2D eigenvalue weighted by atomic mass is 35.5. The molecule has 0 aliphatic rings. The van der Waals surface area contributed by atoms with Gasteiger partial charge in [0.2, 0.25) is 5.91 Å². The van der Waals surface area contributed by atoms with Gasteiger partial charge in [0.15, 0.2) is 12.4 Å². The van der Waals surface area contributed by atoms with Crippen LogP contribution in [0.25, 0.3) is 0 Å². The Kier molecular flexibility index (Phi) is 6.67. The lowest BCUT2D eigenvalue weighted by Crippen LogP contribution is -2.14. The molecule has 0 saturated heterocycles. The summed E-state index contributed by atoms with van der Waals surface area (Å²) in [4.78, 5) is 23.3. The average molecular weight is 418 g/mol. The van der Waals surface area contributed by atoms with E-state index in [9.17, 15) is 9.59 Å². The maximum Gasteiger partial charge on any atom is 0.277 e. The van der Waals surface area contributed by atoms with E-state index < -0.39 is 0 Å². The predicted octanol–water partition coefficient (Wildman–Crippen LogP) is 4.24. The molecule has 2 aromatic carbocycles. The van der Waals surface area contributed by atoms with Crippen molar-refractivity contribution in [3.8, 4) is 5.75 Å². The molecule has 0 spiro atoms. The number of aromatic nitrogens is 2. The molecule has 144 valence electrons. The maximum atomic E-state index is 12.0. The maximum absolute atomic E-state index is 12.0. The molecule has 0 radical (unpaired) electrons. The number of hydrogen-bond acceptors (Lipinski definition) is 7. The smallest absolute Gasteiger partial charge is 0.277 e. The number of Topliss-reactive ketones (excluding diaryl/α,β-unsaturated/α-hetero) is 1. The van der Waals surface area contributed by atoms with Crippen molar-refractivity contribution in [2.24, 2.45) is 0 Å². The molecule has 1 N–H and O–H groups in total. The Labute approximate surface area is 170 Å². The van der Waals surface area contributed by atoms with Crippen molar-refractivity contribution >= 4 is 40.7 Å². The molecule has 1 aromatic heterocycles. The van der Waals surface area contributed by atoms with Gasteiger partial charge in [-0.05, 0) is 55.5 Å². The van der Waals surface area contributed by atoms with E-state index in [1.54, 1.807) is 48.5 Å². The molecule has 0 saturated carbocycles. The van der Waals surface area contributed by atoms with Crippen LogP contribution in [0.15, 0.2) is 58.2 Å². The largest absolute Gasteiger partial charge is 0.484 e. The summed E-state index contributed by atoms with van der Waals surface area (Å²) in [7, 11) is 0. The Balaban J connectivity index is 1.45. The Morgan fingerprint density at radius 2 is 1.82 bits per heavy atom. The van der Waals surface area contributed by atoms with Crippen LogP contribution < -0.4 is 10.1 Å². The Bertz CT molecular complexity index is 958. The first-order valence-electron chi connectivity index (χ1n) is 8.24. The van der Waals surface area contributed by atoms with Gasteiger partial charge in [-0.3, -0.25) is 9.59 Å². The minimum atomic E-state index is -0.224. The van der Waals surface area contributed by atoms with E-state index in [1.165, 1.54) is 6.92 Å². The van der Waals surface area contributed by atoms with Crippen LogP contribution in [0.1, 0.15) is 23.2 Å². The van der Waals surface area contributed by atoms with E-state index >= 15 is 0 Å². The standard InChI is InChI=1S/C19H16ClN3O4S/c1-12(24)13-2-6-15(7-3-13)21-17(25)11-28-19-23-22-18(27-19)10-26-16-8-4-14(20)5-9-16/h2-9H,10-11H2,1H3,(H,21,25). The zero-order valence-electron chi connectivity index (χ0n) is 14.8. The van der Waals surface area contributed by atoms with E-state index in [-0.39, 0.29) is 29.3 Å². The predicted molar refractivity (Wildman–Crippen MR) is 106 cm³/mol.